The highest BCUT2D eigenvalue weighted by Crippen LogP contribution is 2.31. The Morgan fingerprint density at radius 1 is 1.47 bits per heavy atom. The lowest BCUT2D eigenvalue weighted by Crippen LogP contribution is -2.11. The largest absolute Gasteiger partial charge is 0.495 e. The average molecular weight is 249 g/mol. The maximum Gasteiger partial charge on any atom is 0.310 e. The van der Waals surface area contributed by atoms with Crippen molar-refractivity contribution in [2.75, 3.05) is 14.2 Å². The summed E-state index contributed by atoms with van der Waals surface area (Å²) in [7, 11) is 2.32. The number of carbonyl (C=O) groups is 1. The smallest absolute Gasteiger partial charge is 0.310 e. The normalized spacial score (nSPS) is 10.5. The molecule has 4 nitrogen and oxygen atoms in total. The molecule has 0 N–H and O–H groups in total. The van der Waals surface area contributed by atoms with E-state index in [1.165, 1.54) is 7.11 Å². The molecule has 0 spiro atoms. The van der Waals surface area contributed by atoms with E-state index in [0.29, 0.717) is 0 Å². The maximum atomic E-state index is 13.2. The van der Waals surface area contributed by atoms with Crippen molar-refractivity contribution in [3.63, 3.8) is 0 Å². The Morgan fingerprint density at radius 3 is 2.59 bits per heavy atom. The molecule has 0 radical (unpaired) electrons. The predicted octanol–water partition coefficient (Wildman–Crippen LogP) is 1.88. The molecule has 0 aromatic carbocycles. The molecule has 0 saturated heterocycles. The summed E-state index contributed by atoms with van der Waals surface area (Å²) in [6.07, 6.45) is -2.64. The third kappa shape index (κ3) is 2.86. The fourth-order valence-corrected chi connectivity index (χ4v) is 1.32. The lowest BCUT2D eigenvalue weighted by molar-refractivity contribution is -0.139. The highest BCUT2D eigenvalue weighted by Gasteiger charge is 2.25. The minimum Gasteiger partial charge on any atom is -0.495 e. The molecule has 0 bridgehead atoms. The molecule has 0 aliphatic heterocycles. The van der Waals surface area contributed by atoms with Gasteiger partial charge in [-0.1, -0.05) is 0 Å². The molecule has 1 rings (SSSR count). The van der Waals surface area contributed by atoms with E-state index in [-0.39, 0.29) is 11.3 Å². The number of alkyl halides is 2. The van der Waals surface area contributed by atoms with Gasteiger partial charge in [0.2, 0.25) is 5.95 Å². The molecule has 1 aromatic rings. The van der Waals surface area contributed by atoms with Gasteiger partial charge in [0, 0.05) is 5.56 Å². The van der Waals surface area contributed by atoms with E-state index < -0.39 is 30.3 Å². The van der Waals surface area contributed by atoms with Crippen molar-refractivity contribution in [3.05, 3.63) is 23.3 Å². The summed E-state index contributed by atoms with van der Waals surface area (Å²) in [6, 6.07) is 0. The van der Waals surface area contributed by atoms with Gasteiger partial charge < -0.3 is 9.47 Å². The van der Waals surface area contributed by atoms with Gasteiger partial charge in [0.1, 0.15) is 5.75 Å². The Labute approximate surface area is 95.4 Å². The van der Waals surface area contributed by atoms with Crippen molar-refractivity contribution in [2.45, 2.75) is 12.8 Å². The first-order valence-electron chi connectivity index (χ1n) is 4.57. The van der Waals surface area contributed by atoms with Crippen LogP contribution in [0.3, 0.4) is 0 Å². The van der Waals surface area contributed by atoms with Crippen LogP contribution in [0.15, 0.2) is 6.20 Å². The number of aromatic nitrogens is 1. The number of pyridine rings is 1. The number of halogens is 3. The van der Waals surface area contributed by atoms with Crippen LogP contribution in [0.1, 0.15) is 17.6 Å². The van der Waals surface area contributed by atoms with E-state index in [1.54, 1.807) is 0 Å². The SMILES string of the molecule is COC(=O)Cc1c(OC)cnc(F)c1C(F)F. The summed E-state index contributed by atoms with van der Waals surface area (Å²) in [5.74, 6) is -2.16. The van der Waals surface area contributed by atoms with Gasteiger partial charge in [-0.25, -0.2) is 13.8 Å². The summed E-state index contributed by atoms with van der Waals surface area (Å²) in [5.41, 5.74) is -1.18. The van der Waals surface area contributed by atoms with Gasteiger partial charge in [0.05, 0.1) is 32.4 Å². The molecule has 0 saturated carbocycles. The first-order valence-corrected chi connectivity index (χ1v) is 4.57. The van der Waals surface area contributed by atoms with E-state index in [0.717, 1.165) is 13.3 Å². The second kappa shape index (κ2) is 5.51. The first kappa shape index (κ1) is 13.3. The number of esters is 1. The number of ether oxygens (including phenoxy) is 2. The van der Waals surface area contributed by atoms with E-state index in [9.17, 15) is 18.0 Å². The molecular formula is C10H10F3NO3. The minimum atomic E-state index is -3.09. The first-order chi connectivity index (χ1) is 8.01. The number of rotatable bonds is 4. The number of hydrogen-bond acceptors (Lipinski definition) is 4. The molecule has 94 valence electrons. The van der Waals surface area contributed by atoms with E-state index in [4.69, 9.17) is 4.74 Å². The summed E-state index contributed by atoms with van der Waals surface area (Å²) in [6.45, 7) is 0. The van der Waals surface area contributed by atoms with Crippen molar-refractivity contribution < 1.29 is 27.4 Å². The summed E-state index contributed by atoms with van der Waals surface area (Å²) < 4.78 is 47.6. The highest BCUT2D eigenvalue weighted by molar-refractivity contribution is 5.74. The molecule has 0 amide bonds. The van der Waals surface area contributed by atoms with Crippen LogP contribution >= 0.6 is 0 Å². The molecular weight excluding hydrogens is 239 g/mol. The van der Waals surface area contributed by atoms with E-state index in [1.807, 2.05) is 0 Å². The Hall–Kier alpha value is -1.79. The van der Waals surface area contributed by atoms with Crippen molar-refractivity contribution >= 4 is 5.97 Å². The quantitative estimate of drug-likeness (QED) is 0.604. The molecule has 1 aromatic heterocycles. The Bertz CT molecular complexity index is 424. The molecule has 0 aliphatic rings. The van der Waals surface area contributed by atoms with Crippen molar-refractivity contribution in [1.29, 1.82) is 0 Å². The summed E-state index contributed by atoms with van der Waals surface area (Å²) >= 11 is 0. The van der Waals surface area contributed by atoms with E-state index >= 15 is 0 Å². The zero-order valence-corrected chi connectivity index (χ0v) is 9.17. The lowest BCUT2D eigenvalue weighted by Gasteiger charge is -2.12. The minimum absolute atomic E-state index is 0.0768. The molecule has 0 unspecified atom stereocenters. The van der Waals surface area contributed by atoms with E-state index in [2.05, 4.69) is 9.72 Å². The van der Waals surface area contributed by atoms with Crippen molar-refractivity contribution in [2.24, 2.45) is 0 Å². The zero-order valence-electron chi connectivity index (χ0n) is 9.17. The Balaban J connectivity index is 3.29. The number of carbonyl (C=O) groups excluding carboxylic acids is 1. The van der Waals surface area contributed by atoms with Crippen LogP contribution in [0.2, 0.25) is 0 Å². The summed E-state index contributed by atoms with van der Waals surface area (Å²) in [5, 5.41) is 0. The van der Waals surface area contributed by atoms with Crippen LogP contribution in [-0.2, 0) is 16.0 Å². The third-order valence-electron chi connectivity index (χ3n) is 2.13. The average Bonchev–Trinajstić information content (AvgIpc) is 2.28. The van der Waals surface area contributed by atoms with Crippen LogP contribution in [0.4, 0.5) is 13.2 Å². The van der Waals surface area contributed by atoms with Crippen LogP contribution in [0, 0.1) is 5.95 Å². The highest BCUT2D eigenvalue weighted by atomic mass is 19.3. The number of nitrogens with zero attached hydrogens (tertiary/aromatic N) is 1. The molecule has 0 atom stereocenters. The van der Waals surface area contributed by atoms with Crippen LogP contribution in [0.25, 0.3) is 0 Å². The molecule has 0 aliphatic carbocycles. The fourth-order valence-electron chi connectivity index (χ4n) is 1.32. The van der Waals surface area contributed by atoms with Gasteiger partial charge >= 0.3 is 5.97 Å². The standard InChI is InChI=1S/C10H10F3NO3/c1-16-6-4-14-10(13)8(9(11)12)5(6)3-7(15)17-2/h4,9H,3H2,1-2H3. The number of hydrogen-bond donors (Lipinski definition) is 0. The van der Waals surface area contributed by atoms with Crippen molar-refractivity contribution in [1.82, 2.24) is 4.98 Å². The zero-order chi connectivity index (χ0) is 13.0. The Kier molecular flexibility index (Phi) is 4.30. The van der Waals surface area contributed by atoms with Crippen LogP contribution in [-0.4, -0.2) is 25.2 Å². The molecule has 1 heterocycles. The predicted molar refractivity (Wildman–Crippen MR) is 51.4 cm³/mol. The molecule has 0 fully saturated rings. The van der Waals surface area contributed by atoms with Crippen molar-refractivity contribution in [3.8, 4) is 5.75 Å². The van der Waals surface area contributed by atoms with Crippen LogP contribution in [0.5, 0.6) is 5.75 Å². The van der Waals surface area contributed by atoms with Gasteiger partial charge in [-0.15, -0.1) is 0 Å². The van der Waals surface area contributed by atoms with Gasteiger partial charge in [0.15, 0.2) is 0 Å². The topological polar surface area (TPSA) is 48.4 Å². The van der Waals surface area contributed by atoms with Gasteiger partial charge in [-0.3, -0.25) is 4.79 Å². The monoisotopic (exact) mass is 249 g/mol. The molecule has 7 heteroatoms. The third-order valence-corrected chi connectivity index (χ3v) is 2.13. The lowest BCUT2D eigenvalue weighted by atomic mass is 10.1. The maximum absolute atomic E-state index is 13.2. The van der Waals surface area contributed by atoms with Gasteiger partial charge in [0.25, 0.3) is 6.43 Å². The molecule has 17 heavy (non-hydrogen) atoms. The van der Waals surface area contributed by atoms with Gasteiger partial charge in [-0.2, -0.15) is 4.39 Å². The number of methoxy groups -OCH3 is 2. The Morgan fingerprint density at radius 2 is 2.12 bits per heavy atom. The second-order valence-electron chi connectivity index (χ2n) is 3.06. The van der Waals surface area contributed by atoms with Gasteiger partial charge in [-0.05, 0) is 0 Å². The second-order valence-corrected chi connectivity index (χ2v) is 3.06. The summed E-state index contributed by atoms with van der Waals surface area (Å²) in [4.78, 5) is 14.2. The van der Waals surface area contributed by atoms with Crippen LogP contribution < -0.4 is 4.74 Å². The fraction of sp³-hybridized carbons (Fsp3) is 0.400.